The number of ether oxygens (including phenoxy) is 1. The van der Waals surface area contributed by atoms with Crippen LogP contribution < -0.4 is 10.9 Å². The zero-order valence-corrected chi connectivity index (χ0v) is 20.9. The molecule has 8 nitrogen and oxygen atoms in total. The molecule has 10 heteroatoms. The van der Waals surface area contributed by atoms with Gasteiger partial charge in [0.05, 0.1) is 40.6 Å². The highest BCUT2D eigenvalue weighted by molar-refractivity contribution is 8.00. The summed E-state index contributed by atoms with van der Waals surface area (Å²) >= 11 is 2.48. The van der Waals surface area contributed by atoms with Gasteiger partial charge in [-0.1, -0.05) is 49.0 Å². The number of carbonyl (C=O) groups is 2. The van der Waals surface area contributed by atoms with Crippen molar-refractivity contribution < 1.29 is 14.3 Å². The molecule has 35 heavy (non-hydrogen) atoms. The van der Waals surface area contributed by atoms with E-state index in [0.717, 1.165) is 0 Å². The second-order valence-corrected chi connectivity index (χ2v) is 9.55. The van der Waals surface area contributed by atoms with E-state index in [1.165, 1.54) is 23.1 Å². The van der Waals surface area contributed by atoms with Gasteiger partial charge < -0.3 is 10.1 Å². The molecule has 2 aromatic heterocycles. The number of benzene rings is 2. The van der Waals surface area contributed by atoms with Crippen LogP contribution in [0.4, 0.5) is 5.13 Å². The highest BCUT2D eigenvalue weighted by Crippen LogP contribution is 2.28. The molecule has 0 aliphatic rings. The normalized spacial score (nSPS) is 11.8. The van der Waals surface area contributed by atoms with Crippen LogP contribution in [0.15, 0.2) is 69.9 Å². The number of esters is 1. The van der Waals surface area contributed by atoms with E-state index >= 15 is 0 Å². The Kier molecular flexibility index (Phi) is 7.94. The Morgan fingerprint density at radius 3 is 2.57 bits per heavy atom. The maximum absolute atomic E-state index is 13.4. The number of thiazole rings is 1. The summed E-state index contributed by atoms with van der Waals surface area (Å²) in [6, 6.07) is 16.4. The molecule has 1 atom stereocenters. The summed E-state index contributed by atoms with van der Waals surface area (Å²) in [5.74, 6) is -0.615. The first-order chi connectivity index (χ1) is 17.0. The van der Waals surface area contributed by atoms with E-state index in [4.69, 9.17) is 9.72 Å². The van der Waals surface area contributed by atoms with Gasteiger partial charge in [0.25, 0.3) is 5.56 Å². The van der Waals surface area contributed by atoms with Gasteiger partial charge in [0.1, 0.15) is 0 Å². The van der Waals surface area contributed by atoms with Crippen molar-refractivity contribution in [3.05, 3.63) is 76.0 Å². The number of hydrogen-bond donors (Lipinski definition) is 1. The van der Waals surface area contributed by atoms with E-state index in [9.17, 15) is 14.4 Å². The Morgan fingerprint density at radius 2 is 1.83 bits per heavy atom. The predicted octanol–water partition coefficient (Wildman–Crippen LogP) is 4.46. The van der Waals surface area contributed by atoms with Crippen molar-refractivity contribution in [3.63, 3.8) is 0 Å². The molecule has 1 N–H and O–H groups in total. The summed E-state index contributed by atoms with van der Waals surface area (Å²) < 4.78 is 6.49. The predicted molar refractivity (Wildman–Crippen MR) is 138 cm³/mol. The van der Waals surface area contributed by atoms with Gasteiger partial charge in [0.2, 0.25) is 5.91 Å². The zero-order chi connectivity index (χ0) is 24.8. The van der Waals surface area contributed by atoms with Crippen LogP contribution in [0.25, 0.3) is 16.6 Å². The van der Waals surface area contributed by atoms with Gasteiger partial charge in [-0.25, -0.2) is 9.97 Å². The topological polar surface area (TPSA) is 103 Å². The Balaban J connectivity index is 1.60. The minimum absolute atomic E-state index is 0.0521. The van der Waals surface area contributed by atoms with Gasteiger partial charge >= 0.3 is 5.97 Å². The molecular weight excluding hydrogens is 484 g/mol. The number of nitrogens with zero attached hydrogens (tertiary/aromatic N) is 3. The van der Waals surface area contributed by atoms with E-state index in [1.54, 1.807) is 35.1 Å². The van der Waals surface area contributed by atoms with Gasteiger partial charge in [-0.05, 0) is 37.6 Å². The largest absolute Gasteiger partial charge is 0.466 e. The monoisotopic (exact) mass is 508 g/mol. The number of anilines is 1. The van der Waals surface area contributed by atoms with Crippen LogP contribution in [0.5, 0.6) is 0 Å². The first kappa shape index (κ1) is 24.6. The third-order valence-corrected chi connectivity index (χ3v) is 7.21. The lowest BCUT2D eigenvalue weighted by molar-refractivity contribution is -0.142. The molecule has 1 unspecified atom stereocenters. The highest BCUT2D eigenvalue weighted by Gasteiger charge is 2.23. The summed E-state index contributed by atoms with van der Waals surface area (Å²) in [5, 5.41) is 5.38. The van der Waals surface area contributed by atoms with Crippen LogP contribution in [0, 0.1) is 0 Å². The number of hydrogen-bond acceptors (Lipinski definition) is 8. The Morgan fingerprint density at radius 1 is 1.09 bits per heavy atom. The van der Waals surface area contributed by atoms with Crippen LogP contribution in [0.1, 0.15) is 26.0 Å². The summed E-state index contributed by atoms with van der Waals surface area (Å²) in [5.41, 5.74) is 1.60. The number of fused-ring (bicyclic) bond motifs is 1. The number of amides is 1. The van der Waals surface area contributed by atoms with Gasteiger partial charge in [-0.15, -0.1) is 11.3 Å². The molecule has 2 aromatic carbocycles. The lowest BCUT2D eigenvalue weighted by Crippen LogP contribution is -2.27. The first-order valence-electron chi connectivity index (χ1n) is 11.1. The molecule has 1 amide bonds. The average molecular weight is 509 g/mol. The van der Waals surface area contributed by atoms with Gasteiger partial charge in [0.15, 0.2) is 10.3 Å². The van der Waals surface area contributed by atoms with E-state index in [2.05, 4.69) is 10.3 Å². The summed E-state index contributed by atoms with van der Waals surface area (Å²) in [7, 11) is 0. The quantitative estimate of drug-likeness (QED) is 0.202. The van der Waals surface area contributed by atoms with Crippen LogP contribution in [0.2, 0.25) is 0 Å². The second kappa shape index (κ2) is 11.3. The standard InChI is InChI=1S/C25H24N4O4S2/c1-3-20(22(31)28-24-26-16(15-34-24)14-21(30)33-4-2)35-25-27-19-13-9-8-12-18(19)23(32)29(25)17-10-6-5-7-11-17/h5-13,15,20H,3-4,14H2,1-2H3,(H,26,28,31). The van der Waals surface area contributed by atoms with E-state index < -0.39 is 5.25 Å². The third-order valence-electron chi connectivity index (χ3n) is 5.08. The number of aromatic nitrogens is 3. The number of thioether (sulfide) groups is 1. The molecule has 0 fully saturated rings. The van der Waals surface area contributed by atoms with Crippen molar-refractivity contribution in [2.24, 2.45) is 0 Å². The van der Waals surface area contributed by atoms with E-state index in [-0.39, 0.29) is 23.9 Å². The van der Waals surface area contributed by atoms with Crippen LogP contribution in [-0.4, -0.2) is 38.3 Å². The molecule has 4 aromatic rings. The maximum atomic E-state index is 13.4. The Bertz CT molecular complexity index is 1400. The summed E-state index contributed by atoms with van der Waals surface area (Å²) in [6.07, 6.45) is 0.561. The lowest BCUT2D eigenvalue weighted by Gasteiger charge is -2.17. The molecule has 0 aliphatic carbocycles. The number of carbonyl (C=O) groups excluding carboxylic acids is 2. The minimum atomic E-state index is -0.518. The summed E-state index contributed by atoms with van der Waals surface area (Å²) in [4.78, 5) is 47.2. The molecule has 180 valence electrons. The fourth-order valence-corrected chi connectivity index (χ4v) is 5.18. The van der Waals surface area contributed by atoms with Gasteiger partial charge in [0, 0.05) is 5.38 Å². The molecule has 0 saturated heterocycles. The SMILES string of the molecule is CCOC(=O)Cc1csc(NC(=O)C(CC)Sc2nc3ccccc3c(=O)n2-c2ccccc2)n1. The molecule has 0 aliphatic heterocycles. The minimum Gasteiger partial charge on any atom is -0.466 e. The van der Waals surface area contributed by atoms with Crippen LogP contribution in [0.3, 0.4) is 0 Å². The molecule has 4 rings (SSSR count). The molecule has 2 heterocycles. The summed E-state index contributed by atoms with van der Waals surface area (Å²) in [6.45, 7) is 3.95. The molecule has 0 spiro atoms. The zero-order valence-electron chi connectivity index (χ0n) is 19.3. The molecule has 0 saturated carbocycles. The smallest absolute Gasteiger partial charge is 0.311 e. The number of rotatable bonds is 9. The number of para-hydroxylation sites is 2. The van der Waals surface area contributed by atoms with Crippen molar-refractivity contribution in [1.29, 1.82) is 0 Å². The van der Waals surface area contributed by atoms with Crippen molar-refractivity contribution >= 4 is 51.0 Å². The molecular formula is C25H24N4O4S2. The highest BCUT2D eigenvalue weighted by atomic mass is 32.2. The Hall–Kier alpha value is -3.50. The van der Waals surface area contributed by atoms with Crippen molar-refractivity contribution in [3.8, 4) is 5.69 Å². The van der Waals surface area contributed by atoms with Crippen molar-refractivity contribution in [1.82, 2.24) is 14.5 Å². The second-order valence-electron chi connectivity index (χ2n) is 7.52. The van der Waals surface area contributed by atoms with Crippen LogP contribution >= 0.6 is 23.1 Å². The Labute approximate surface area is 210 Å². The van der Waals surface area contributed by atoms with E-state index in [1.807, 2.05) is 43.3 Å². The molecule has 0 radical (unpaired) electrons. The van der Waals surface area contributed by atoms with Crippen LogP contribution in [-0.2, 0) is 20.7 Å². The van der Waals surface area contributed by atoms with Crippen molar-refractivity contribution in [2.45, 2.75) is 37.1 Å². The first-order valence-corrected chi connectivity index (χ1v) is 12.9. The third kappa shape index (κ3) is 5.77. The fraction of sp³-hybridized carbons (Fsp3) is 0.240. The number of nitrogens with one attached hydrogen (secondary N) is 1. The van der Waals surface area contributed by atoms with Crippen molar-refractivity contribution in [2.75, 3.05) is 11.9 Å². The maximum Gasteiger partial charge on any atom is 0.311 e. The van der Waals surface area contributed by atoms with Gasteiger partial charge in [-0.2, -0.15) is 0 Å². The fourth-order valence-electron chi connectivity index (χ4n) is 3.44. The molecule has 0 bridgehead atoms. The average Bonchev–Trinajstić information content (AvgIpc) is 3.29. The van der Waals surface area contributed by atoms with E-state index in [0.29, 0.717) is 45.6 Å². The lowest BCUT2D eigenvalue weighted by atomic mass is 10.2. The van der Waals surface area contributed by atoms with Gasteiger partial charge in [-0.3, -0.25) is 19.0 Å².